The van der Waals surface area contributed by atoms with Crippen LogP contribution < -0.4 is 15.6 Å². The Bertz CT molecular complexity index is 1250. The number of thioether (sulfide) groups is 1. The van der Waals surface area contributed by atoms with E-state index in [1.165, 1.54) is 0 Å². The summed E-state index contributed by atoms with van der Waals surface area (Å²) in [5.74, 6) is 0.656. The number of ether oxygens (including phenoxy) is 1. The maximum absolute atomic E-state index is 13.0. The first-order chi connectivity index (χ1) is 14.7. The largest absolute Gasteiger partial charge is 0.493 e. The van der Waals surface area contributed by atoms with Gasteiger partial charge in [-0.05, 0) is 54.8 Å². The fourth-order valence-corrected chi connectivity index (χ4v) is 3.33. The number of anilines is 1. The number of benzene rings is 2. The van der Waals surface area contributed by atoms with Gasteiger partial charge < -0.3 is 14.5 Å². The van der Waals surface area contributed by atoms with Gasteiger partial charge in [0.05, 0.1) is 12.8 Å². The molecular formula is C23H19N3O3S. The highest BCUT2D eigenvalue weighted by Gasteiger charge is 2.15. The van der Waals surface area contributed by atoms with Crippen LogP contribution in [0.4, 0.5) is 11.5 Å². The minimum atomic E-state index is -0.360. The van der Waals surface area contributed by atoms with Crippen LogP contribution in [0.25, 0.3) is 11.0 Å². The maximum Gasteiger partial charge on any atom is 0.262 e. The number of pyridine rings is 1. The first kappa shape index (κ1) is 19.7. The molecule has 2 heterocycles. The zero-order chi connectivity index (χ0) is 20.9. The second kappa shape index (κ2) is 8.84. The van der Waals surface area contributed by atoms with Crippen LogP contribution in [0.15, 0.2) is 87.2 Å². The zero-order valence-electron chi connectivity index (χ0n) is 16.5. The molecule has 0 radical (unpaired) electrons. The summed E-state index contributed by atoms with van der Waals surface area (Å²) in [5.41, 5.74) is 1.69. The minimum absolute atomic E-state index is 0.192. The molecule has 0 aliphatic heterocycles. The molecule has 1 amide bonds. The van der Waals surface area contributed by atoms with Gasteiger partial charge in [0.2, 0.25) is 5.55 Å². The Hall–Kier alpha value is -3.58. The highest BCUT2D eigenvalue weighted by molar-refractivity contribution is 7.98. The van der Waals surface area contributed by atoms with Crippen LogP contribution >= 0.6 is 11.8 Å². The molecule has 0 fully saturated rings. The van der Waals surface area contributed by atoms with Crippen LogP contribution in [-0.4, -0.2) is 24.3 Å². The summed E-state index contributed by atoms with van der Waals surface area (Å²) in [5, 5.41) is 3.52. The van der Waals surface area contributed by atoms with Gasteiger partial charge in [0.1, 0.15) is 11.4 Å². The van der Waals surface area contributed by atoms with E-state index in [2.05, 4.69) is 15.3 Å². The van der Waals surface area contributed by atoms with Gasteiger partial charge in [-0.25, -0.2) is 9.98 Å². The summed E-state index contributed by atoms with van der Waals surface area (Å²) in [6.07, 6.45) is 3.63. The predicted octanol–water partition coefficient (Wildman–Crippen LogP) is 5.04. The third kappa shape index (κ3) is 4.21. The molecule has 0 aliphatic rings. The number of amides is 1. The lowest BCUT2D eigenvalue weighted by molar-refractivity contribution is 0.102. The summed E-state index contributed by atoms with van der Waals surface area (Å²) in [6.45, 7) is 0. The van der Waals surface area contributed by atoms with Crippen LogP contribution in [0, 0.1) is 0 Å². The van der Waals surface area contributed by atoms with Gasteiger partial charge in [-0.1, -0.05) is 18.2 Å². The lowest BCUT2D eigenvalue weighted by Gasteiger charge is -2.08. The molecule has 2 aromatic heterocycles. The number of methoxy groups -OCH3 is 1. The minimum Gasteiger partial charge on any atom is -0.493 e. The molecule has 30 heavy (non-hydrogen) atoms. The number of hydrogen-bond acceptors (Lipinski definition) is 6. The van der Waals surface area contributed by atoms with Crippen molar-refractivity contribution in [1.82, 2.24) is 4.98 Å². The first-order valence-electron chi connectivity index (χ1n) is 9.20. The van der Waals surface area contributed by atoms with Crippen LogP contribution in [-0.2, 0) is 0 Å². The maximum atomic E-state index is 13.0. The Morgan fingerprint density at radius 2 is 1.93 bits per heavy atom. The molecule has 0 aliphatic carbocycles. The molecule has 2 aromatic carbocycles. The Morgan fingerprint density at radius 1 is 1.10 bits per heavy atom. The van der Waals surface area contributed by atoms with Crippen molar-refractivity contribution in [3.8, 4) is 5.75 Å². The highest BCUT2D eigenvalue weighted by Crippen LogP contribution is 2.25. The van der Waals surface area contributed by atoms with Crippen molar-refractivity contribution >= 4 is 40.1 Å². The van der Waals surface area contributed by atoms with Crippen LogP contribution in [0.1, 0.15) is 10.4 Å². The number of fused-ring (bicyclic) bond motifs is 1. The Kier molecular flexibility index (Phi) is 5.81. The lowest BCUT2D eigenvalue weighted by atomic mass is 10.1. The molecule has 0 bridgehead atoms. The van der Waals surface area contributed by atoms with Crippen molar-refractivity contribution < 1.29 is 13.9 Å². The Morgan fingerprint density at radius 3 is 2.63 bits per heavy atom. The van der Waals surface area contributed by atoms with E-state index in [1.54, 1.807) is 55.4 Å². The Balaban J connectivity index is 1.87. The normalized spacial score (nSPS) is 11.5. The fraction of sp³-hybridized carbons (Fsp3) is 0.0870. The third-order valence-corrected chi connectivity index (χ3v) is 5.16. The number of carbonyl (C=O) groups excluding carboxylic acids is 1. The van der Waals surface area contributed by atoms with Crippen molar-refractivity contribution in [2.45, 2.75) is 4.90 Å². The summed E-state index contributed by atoms with van der Waals surface area (Å²) < 4.78 is 11.5. The van der Waals surface area contributed by atoms with Gasteiger partial charge >= 0.3 is 0 Å². The number of carbonyl (C=O) groups is 1. The standard InChI is InChI=1S/C23H19N3O3S/c1-28-19-7-5-6-15-14-18(22(27)26-20-8-3-4-13-24-20)23(29-21(15)19)25-16-9-11-17(30-2)12-10-16/h3-14H,1-2H3,(H,24,26,27). The summed E-state index contributed by atoms with van der Waals surface area (Å²) in [4.78, 5) is 22.9. The number of nitrogens with zero attached hydrogens (tertiary/aromatic N) is 2. The van der Waals surface area contributed by atoms with E-state index in [1.807, 2.05) is 42.7 Å². The second-order valence-corrected chi connectivity index (χ2v) is 7.20. The summed E-state index contributed by atoms with van der Waals surface area (Å²) >= 11 is 1.65. The molecule has 4 aromatic rings. The fourth-order valence-electron chi connectivity index (χ4n) is 2.93. The van der Waals surface area contributed by atoms with E-state index in [-0.39, 0.29) is 11.5 Å². The van der Waals surface area contributed by atoms with E-state index in [0.29, 0.717) is 28.4 Å². The molecule has 4 rings (SSSR count). The van der Waals surface area contributed by atoms with Crippen molar-refractivity contribution in [1.29, 1.82) is 0 Å². The van der Waals surface area contributed by atoms with E-state index in [4.69, 9.17) is 9.15 Å². The molecule has 0 unspecified atom stereocenters. The van der Waals surface area contributed by atoms with Gasteiger partial charge in [-0.2, -0.15) is 0 Å². The van der Waals surface area contributed by atoms with E-state index < -0.39 is 0 Å². The van der Waals surface area contributed by atoms with Gasteiger partial charge in [0.15, 0.2) is 11.3 Å². The summed E-state index contributed by atoms with van der Waals surface area (Å²) in [6, 6.07) is 20.3. The van der Waals surface area contributed by atoms with Crippen molar-refractivity contribution in [3.63, 3.8) is 0 Å². The molecule has 6 nitrogen and oxygen atoms in total. The molecular weight excluding hydrogens is 398 g/mol. The summed E-state index contributed by atoms with van der Waals surface area (Å²) in [7, 11) is 1.57. The van der Waals surface area contributed by atoms with Crippen LogP contribution in [0.5, 0.6) is 5.75 Å². The number of rotatable bonds is 5. The van der Waals surface area contributed by atoms with Crippen molar-refractivity contribution in [3.05, 3.63) is 84.0 Å². The molecule has 0 saturated heterocycles. The van der Waals surface area contributed by atoms with Crippen LogP contribution in [0.2, 0.25) is 0 Å². The smallest absolute Gasteiger partial charge is 0.262 e. The number of para-hydroxylation sites is 1. The van der Waals surface area contributed by atoms with Crippen LogP contribution in [0.3, 0.4) is 0 Å². The number of hydrogen-bond donors (Lipinski definition) is 1. The van der Waals surface area contributed by atoms with Gasteiger partial charge in [-0.15, -0.1) is 11.8 Å². The van der Waals surface area contributed by atoms with Crippen molar-refractivity contribution in [2.24, 2.45) is 4.99 Å². The molecule has 7 heteroatoms. The molecule has 0 spiro atoms. The van der Waals surface area contributed by atoms with Gasteiger partial charge in [0.25, 0.3) is 5.91 Å². The molecule has 1 N–H and O–H groups in total. The molecule has 150 valence electrons. The molecule has 0 saturated carbocycles. The first-order valence-corrected chi connectivity index (χ1v) is 10.4. The number of nitrogens with one attached hydrogen (secondary N) is 1. The Labute approximate surface area is 177 Å². The van der Waals surface area contributed by atoms with Gasteiger partial charge in [-0.3, -0.25) is 4.79 Å². The average molecular weight is 417 g/mol. The zero-order valence-corrected chi connectivity index (χ0v) is 17.3. The SMILES string of the molecule is COc1cccc2cc(C(=O)Nc3ccccn3)c(=Nc3ccc(SC)cc3)oc12. The average Bonchev–Trinajstić information content (AvgIpc) is 2.79. The predicted molar refractivity (Wildman–Crippen MR) is 118 cm³/mol. The quantitative estimate of drug-likeness (QED) is 0.460. The highest BCUT2D eigenvalue weighted by atomic mass is 32.2. The molecule has 0 atom stereocenters. The van der Waals surface area contributed by atoms with E-state index in [0.717, 1.165) is 10.3 Å². The number of aromatic nitrogens is 1. The third-order valence-electron chi connectivity index (χ3n) is 4.41. The van der Waals surface area contributed by atoms with E-state index >= 15 is 0 Å². The topological polar surface area (TPSA) is 76.7 Å². The van der Waals surface area contributed by atoms with E-state index in [9.17, 15) is 4.79 Å². The van der Waals surface area contributed by atoms with Crippen molar-refractivity contribution in [2.75, 3.05) is 18.7 Å². The second-order valence-electron chi connectivity index (χ2n) is 6.32. The van der Waals surface area contributed by atoms with Gasteiger partial charge in [0, 0.05) is 16.5 Å². The monoisotopic (exact) mass is 417 g/mol. The lowest BCUT2D eigenvalue weighted by Crippen LogP contribution is -2.22.